The Morgan fingerprint density at radius 3 is 2.05 bits per heavy atom. The Morgan fingerprint density at radius 1 is 0.952 bits per heavy atom. The SMILES string of the molecule is CCCCCCCCCC(CC)(C(=O)O)C1CCCCC1. The van der Waals surface area contributed by atoms with E-state index in [1.54, 1.807) is 0 Å². The van der Waals surface area contributed by atoms with Gasteiger partial charge in [-0.3, -0.25) is 4.79 Å². The van der Waals surface area contributed by atoms with Crippen LogP contribution in [0.4, 0.5) is 0 Å². The zero-order chi connectivity index (χ0) is 15.6. The van der Waals surface area contributed by atoms with Gasteiger partial charge in [-0.15, -0.1) is 0 Å². The van der Waals surface area contributed by atoms with E-state index in [2.05, 4.69) is 13.8 Å². The number of rotatable bonds is 11. The summed E-state index contributed by atoms with van der Waals surface area (Å²) in [7, 11) is 0. The third-order valence-electron chi connectivity index (χ3n) is 5.67. The van der Waals surface area contributed by atoms with Crippen molar-refractivity contribution < 1.29 is 9.90 Å². The van der Waals surface area contributed by atoms with Gasteiger partial charge < -0.3 is 5.11 Å². The summed E-state index contributed by atoms with van der Waals surface area (Å²) in [6.07, 6.45) is 16.6. The summed E-state index contributed by atoms with van der Waals surface area (Å²) in [6, 6.07) is 0. The number of hydrogen-bond acceptors (Lipinski definition) is 1. The van der Waals surface area contributed by atoms with Crippen molar-refractivity contribution in [1.29, 1.82) is 0 Å². The predicted octanol–water partition coefficient (Wildman–Crippen LogP) is 6.19. The third kappa shape index (κ3) is 5.64. The number of carbonyl (C=O) groups is 1. The van der Waals surface area contributed by atoms with Crippen molar-refractivity contribution in [3.8, 4) is 0 Å². The molecule has 0 aromatic carbocycles. The van der Waals surface area contributed by atoms with E-state index in [4.69, 9.17) is 0 Å². The highest BCUT2D eigenvalue weighted by Crippen LogP contribution is 2.45. The van der Waals surface area contributed by atoms with E-state index < -0.39 is 11.4 Å². The highest BCUT2D eigenvalue weighted by atomic mass is 16.4. The molecular formula is C19H36O2. The molecule has 2 heteroatoms. The summed E-state index contributed by atoms with van der Waals surface area (Å²) in [6.45, 7) is 4.33. The van der Waals surface area contributed by atoms with Gasteiger partial charge in [0.1, 0.15) is 0 Å². The summed E-state index contributed by atoms with van der Waals surface area (Å²) in [5, 5.41) is 9.85. The van der Waals surface area contributed by atoms with Gasteiger partial charge in [-0.2, -0.15) is 0 Å². The quantitative estimate of drug-likeness (QED) is 0.462. The Hall–Kier alpha value is -0.530. The van der Waals surface area contributed by atoms with Gasteiger partial charge in [0.25, 0.3) is 0 Å². The molecule has 2 nitrogen and oxygen atoms in total. The Morgan fingerprint density at radius 2 is 1.52 bits per heavy atom. The summed E-state index contributed by atoms with van der Waals surface area (Å²) in [5.74, 6) is -0.100. The Balaban J connectivity index is 2.40. The van der Waals surface area contributed by atoms with Crippen LogP contribution in [0, 0.1) is 11.3 Å². The minimum atomic E-state index is -0.525. The molecule has 0 spiro atoms. The topological polar surface area (TPSA) is 37.3 Å². The van der Waals surface area contributed by atoms with Crippen molar-refractivity contribution in [1.82, 2.24) is 0 Å². The maximum absolute atomic E-state index is 12.0. The van der Waals surface area contributed by atoms with Crippen molar-refractivity contribution in [3.05, 3.63) is 0 Å². The highest BCUT2D eigenvalue weighted by Gasteiger charge is 2.43. The molecule has 0 bridgehead atoms. The van der Waals surface area contributed by atoms with Gasteiger partial charge in [0.15, 0.2) is 0 Å². The molecule has 1 saturated carbocycles. The molecule has 0 radical (unpaired) electrons. The van der Waals surface area contributed by atoms with Crippen LogP contribution in [0.1, 0.15) is 104 Å². The van der Waals surface area contributed by atoms with Gasteiger partial charge in [0, 0.05) is 0 Å². The molecule has 1 fully saturated rings. The lowest BCUT2D eigenvalue weighted by Gasteiger charge is -2.39. The van der Waals surface area contributed by atoms with Crippen LogP contribution in [0.15, 0.2) is 0 Å². The average molecular weight is 296 g/mol. The highest BCUT2D eigenvalue weighted by molar-refractivity contribution is 5.75. The maximum atomic E-state index is 12.0. The molecule has 1 aliphatic rings. The summed E-state index contributed by atoms with van der Waals surface area (Å²) in [4.78, 5) is 12.0. The number of aliphatic carboxylic acids is 1. The second-order valence-corrected chi connectivity index (χ2v) is 7.02. The lowest BCUT2D eigenvalue weighted by Crippen LogP contribution is -2.39. The zero-order valence-electron chi connectivity index (χ0n) is 14.3. The fourth-order valence-corrected chi connectivity index (χ4v) is 4.16. The van der Waals surface area contributed by atoms with Crippen LogP contribution in [0.3, 0.4) is 0 Å². The van der Waals surface area contributed by atoms with Crippen molar-refractivity contribution in [2.45, 2.75) is 104 Å². The monoisotopic (exact) mass is 296 g/mol. The molecule has 0 aromatic heterocycles. The smallest absolute Gasteiger partial charge is 0.309 e. The molecule has 0 aliphatic heterocycles. The number of hydrogen-bond donors (Lipinski definition) is 1. The minimum Gasteiger partial charge on any atom is -0.481 e. The van der Waals surface area contributed by atoms with E-state index in [-0.39, 0.29) is 0 Å². The number of unbranched alkanes of at least 4 members (excludes halogenated alkanes) is 6. The standard InChI is InChI=1S/C19H36O2/c1-3-5-6-7-8-9-13-16-19(4-2,18(20)21)17-14-11-10-12-15-17/h17H,3-16H2,1-2H3,(H,20,21). The normalized spacial score (nSPS) is 19.3. The molecule has 1 atom stereocenters. The van der Waals surface area contributed by atoms with Crippen LogP contribution >= 0.6 is 0 Å². The van der Waals surface area contributed by atoms with Crippen LogP contribution in [0.25, 0.3) is 0 Å². The van der Waals surface area contributed by atoms with Crippen molar-refractivity contribution in [3.63, 3.8) is 0 Å². The van der Waals surface area contributed by atoms with E-state index in [0.29, 0.717) is 5.92 Å². The summed E-state index contributed by atoms with van der Waals surface area (Å²) >= 11 is 0. The lowest BCUT2D eigenvalue weighted by molar-refractivity contribution is -0.155. The molecule has 0 amide bonds. The Labute approximate surface area is 131 Å². The van der Waals surface area contributed by atoms with Gasteiger partial charge >= 0.3 is 5.97 Å². The van der Waals surface area contributed by atoms with Crippen LogP contribution in [-0.2, 0) is 4.79 Å². The van der Waals surface area contributed by atoms with Gasteiger partial charge in [-0.05, 0) is 31.6 Å². The molecule has 1 aliphatic carbocycles. The van der Waals surface area contributed by atoms with E-state index >= 15 is 0 Å². The first kappa shape index (κ1) is 18.5. The molecule has 124 valence electrons. The third-order valence-corrected chi connectivity index (χ3v) is 5.67. The fraction of sp³-hybridized carbons (Fsp3) is 0.947. The average Bonchev–Trinajstić information content (AvgIpc) is 2.51. The predicted molar refractivity (Wildman–Crippen MR) is 89.5 cm³/mol. The van der Waals surface area contributed by atoms with E-state index in [1.165, 1.54) is 57.8 Å². The molecule has 21 heavy (non-hydrogen) atoms. The van der Waals surface area contributed by atoms with Crippen molar-refractivity contribution in [2.75, 3.05) is 0 Å². The van der Waals surface area contributed by atoms with Gasteiger partial charge in [-0.1, -0.05) is 78.1 Å². The number of carboxylic acids is 1. The first-order valence-corrected chi connectivity index (χ1v) is 9.40. The van der Waals surface area contributed by atoms with E-state index in [0.717, 1.165) is 32.1 Å². The van der Waals surface area contributed by atoms with Gasteiger partial charge in [0.2, 0.25) is 0 Å². The first-order valence-electron chi connectivity index (χ1n) is 9.40. The van der Waals surface area contributed by atoms with E-state index in [9.17, 15) is 9.90 Å². The maximum Gasteiger partial charge on any atom is 0.309 e. The summed E-state index contributed by atoms with van der Waals surface area (Å²) in [5.41, 5.74) is -0.427. The molecule has 0 aromatic rings. The molecule has 0 heterocycles. The van der Waals surface area contributed by atoms with Crippen molar-refractivity contribution >= 4 is 5.97 Å². The lowest BCUT2D eigenvalue weighted by atomic mass is 9.64. The number of carboxylic acid groups (broad SMARTS) is 1. The minimum absolute atomic E-state index is 0.425. The van der Waals surface area contributed by atoms with Crippen LogP contribution in [-0.4, -0.2) is 11.1 Å². The van der Waals surface area contributed by atoms with Gasteiger partial charge in [-0.25, -0.2) is 0 Å². The van der Waals surface area contributed by atoms with Crippen LogP contribution < -0.4 is 0 Å². The Kier molecular flexibility index (Phi) is 9.03. The molecule has 0 saturated heterocycles. The largest absolute Gasteiger partial charge is 0.481 e. The fourth-order valence-electron chi connectivity index (χ4n) is 4.16. The van der Waals surface area contributed by atoms with Gasteiger partial charge in [0.05, 0.1) is 5.41 Å². The van der Waals surface area contributed by atoms with Crippen LogP contribution in [0.2, 0.25) is 0 Å². The summed E-state index contributed by atoms with van der Waals surface area (Å²) < 4.78 is 0. The van der Waals surface area contributed by atoms with Crippen LogP contribution in [0.5, 0.6) is 0 Å². The molecule has 1 N–H and O–H groups in total. The Bertz CT molecular complexity index is 281. The molecule has 1 unspecified atom stereocenters. The second kappa shape index (κ2) is 10.2. The first-order chi connectivity index (χ1) is 10.2. The zero-order valence-corrected chi connectivity index (χ0v) is 14.3. The molecule has 1 rings (SSSR count). The molecular weight excluding hydrogens is 260 g/mol. The van der Waals surface area contributed by atoms with Crippen molar-refractivity contribution in [2.24, 2.45) is 11.3 Å². The van der Waals surface area contributed by atoms with E-state index in [1.807, 2.05) is 0 Å². The second-order valence-electron chi connectivity index (χ2n) is 7.02.